The van der Waals surface area contributed by atoms with Crippen molar-refractivity contribution in [1.82, 2.24) is 9.88 Å². The van der Waals surface area contributed by atoms with Crippen molar-refractivity contribution in [2.75, 3.05) is 0 Å². The summed E-state index contributed by atoms with van der Waals surface area (Å²) in [6, 6.07) is 10.5. The van der Waals surface area contributed by atoms with E-state index in [4.69, 9.17) is 0 Å². The van der Waals surface area contributed by atoms with Crippen LogP contribution in [0, 0.1) is 29.0 Å². The lowest BCUT2D eigenvalue weighted by molar-refractivity contribution is -0.122. The van der Waals surface area contributed by atoms with Gasteiger partial charge in [-0.2, -0.15) is 5.26 Å². The van der Waals surface area contributed by atoms with Crippen LogP contribution in [-0.4, -0.2) is 22.4 Å². The first-order valence-electron chi connectivity index (χ1n) is 10.1. The highest BCUT2D eigenvalue weighted by Gasteiger charge is 2.42. The van der Waals surface area contributed by atoms with Gasteiger partial charge in [0.1, 0.15) is 5.82 Å². The molecule has 6 heteroatoms. The quantitative estimate of drug-likeness (QED) is 0.819. The van der Waals surface area contributed by atoms with Crippen molar-refractivity contribution in [1.29, 1.82) is 5.26 Å². The number of ketones is 1. The van der Waals surface area contributed by atoms with Gasteiger partial charge in [-0.3, -0.25) is 9.59 Å². The Morgan fingerprint density at radius 3 is 2.72 bits per heavy atom. The van der Waals surface area contributed by atoms with Gasteiger partial charge in [0.2, 0.25) is 0 Å². The second-order valence-corrected chi connectivity index (χ2v) is 8.29. The third kappa shape index (κ3) is 4.01. The molecule has 0 amide bonds. The van der Waals surface area contributed by atoms with Crippen LogP contribution in [0.4, 0.5) is 4.39 Å². The summed E-state index contributed by atoms with van der Waals surface area (Å²) >= 11 is 0. The fourth-order valence-corrected chi connectivity index (χ4v) is 4.64. The van der Waals surface area contributed by atoms with Crippen molar-refractivity contribution in [3.8, 4) is 17.2 Å². The number of rotatable bonds is 6. The Morgan fingerprint density at radius 1 is 1.31 bits per heavy atom. The molecule has 1 saturated carbocycles. The van der Waals surface area contributed by atoms with E-state index in [1.165, 1.54) is 16.7 Å². The van der Waals surface area contributed by atoms with E-state index in [1.807, 2.05) is 0 Å². The van der Waals surface area contributed by atoms with Crippen molar-refractivity contribution in [3.05, 3.63) is 58.3 Å². The zero-order valence-electron chi connectivity index (χ0n) is 16.4. The van der Waals surface area contributed by atoms with E-state index in [0.29, 0.717) is 28.7 Å². The Hall–Kier alpha value is -2.78. The zero-order chi connectivity index (χ0) is 20.5. The number of aryl methyl sites for hydroxylation is 1. The zero-order valence-corrected chi connectivity index (χ0v) is 16.4. The molecule has 2 bridgehead atoms. The van der Waals surface area contributed by atoms with Gasteiger partial charge in [0.25, 0.3) is 5.56 Å². The third-order valence-electron chi connectivity index (χ3n) is 6.29. The van der Waals surface area contributed by atoms with Crippen molar-refractivity contribution < 1.29 is 9.18 Å². The SMILES string of the molecule is Cn1ccc(-c2ccc(C[C@@H](C#N)CC(=O)[C@H]3N[C@@H]4CC[C@H]3C4)c(F)c2)cc1=O. The summed E-state index contributed by atoms with van der Waals surface area (Å²) in [4.78, 5) is 24.4. The Kier molecular flexibility index (Phi) is 5.33. The Morgan fingerprint density at radius 2 is 2.10 bits per heavy atom. The number of Topliss-reactive ketones (excluding diaryl/α,β-unsaturated/α-hetero) is 1. The Balaban J connectivity index is 1.45. The molecular weight excluding hydrogens is 369 g/mol. The second kappa shape index (κ2) is 7.92. The average molecular weight is 393 g/mol. The molecular formula is C23H24FN3O2. The number of carbonyl (C=O) groups excluding carboxylic acids is 1. The van der Waals surface area contributed by atoms with Crippen LogP contribution < -0.4 is 10.9 Å². The molecule has 2 fully saturated rings. The van der Waals surface area contributed by atoms with E-state index in [2.05, 4.69) is 11.4 Å². The highest BCUT2D eigenvalue weighted by molar-refractivity contribution is 5.85. The molecule has 0 spiro atoms. The van der Waals surface area contributed by atoms with Crippen molar-refractivity contribution in [2.45, 2.75) is 44.2 Å². The molecule has 2 aromatic rings. The van der Waals surface area contributed by atoms with Crippen molar-refractivity contribution in [2.24, 2.45) is 18.9 Å². The number of hydrogen-bond acceptors (Lipinski definition) is 4. The molecule has 1 aromatic carbocycles. The van der Waals surface area contributed by atoms with Gasteiger partial charge in [0, 0.05) is 31.8 Å². The molecule has 4 rings (SSSR count). The van der Waals surface area contributed by atoms with Crippen LogP contribution in [0.2, 0.25) is 0 Å². The number of carbonyl (C=O) groups is 1. The Labute approximate surface area is 169 Å². The average Bonchev–Trinajstić information content (AvgIpc) is 3.34. The molecule has 1 aliphatic carbocycles. The molecule has 2 aliphatic rings. The first-order chi connectivity index (χ1) is 13.9. The van der Waals surface area contributed by atoms with Gasteiger partial charge in [0.05, 0.1) is 18.0 Å². The lowest BCUT2D eigenvalue weighted by Gasteiger charge is -2.22. The maximum atomic E-state index is 14.7. The normalized spacial score (nSPS) is 23.7. The number of hydrogen-bond donors (Lipinski definition) is 1. The first-order valence-corrected chi connectivity index (χ1v) is 10.1. The lowest BCUT2D eigenvalue weighted by Crippen LogP contribution is -2.42. The summed E-state index contributed by atoms with van der Waals surface area (Å²) in [7, 11) is 1.66. The molecule has 1 aliphatic heterocycles. The summed E-state index contributed by atoms with van der Waals surface area (Å²) in [6.45, 7) is 0. The van der Waals surface area contributed by atoms with Crippen LogP contribution in [0.15, 0.2) is 41.3 Å². The molecule has 1 N–H and O–H groups in total. The maximum Gasteiger partial charge on any atom is 0.250 e. The molecule has 29 heavy (non-hydrogen) atoms. The minimum Gasteiger partial charge on any atom is -0.319 e. The molecule has 150 valence electrons. The minimum absolute atomic E-state index is 0.0703. The van der Waals surface area contributed by atoms with E-state index in [-0.39, 0.29) is 30.2 Å². The standard InChI is InChI=1S/C23H24FN3O2/c1-27-7-6-16(12-22(27)29)15-2-3-17(20(24)11-15)8-14(13-25)9-21(28)23-18-4-5-19(10-18)26-23/h2-3,6-7,11-12,14,18-19,23,26H,4-5,8-10H2,1H3/t14-,18+,19-,23+/m1/s1. The number of piperidine rings is 1. The summed E-state index contributed by atoms with van der Waals surface area (Å²) in [6.07, 6.45) is 5.24. The van der Waals surface area contributed by atoms with Gasteiger partial charge in [-0.15, -0.1) is 0 Å². The highest BCUT2D eigenvalue weighted by Crippen LogP contribution is 2.36. The predicted octanol–water partition coefficient (Wildman–Crippen LogP) is 2.97. The van der Waals surface area contributed by atoms with Crippen LogP contribution in [0.5, 0.6) is 0 Å². The first kappa shape index (κ1) is 19.5. The number of benzene rings is 1. The fraction of sp³-hybridized carbons (Fsp3) is 0.435. The smallest absolute Gasteiger partial charge is 0.250 e. The molecule has 0 unspecified atom stereocenters. The lowest BCUT2D eigenvalue weighted by atomic mass is 9.88. The number of nitriles is 1. The summed E-state index contributed by atoms with van der Waals surface area (Å²) in [5, 5.41) is 12.9. The summed E-state index contributed by atoms with van der Waals surface area (Å²) in [5.41, 5.74) is 1.51. The number of pyridine rings is 1. The van der Waals surface area contributed by atoms with Crippen LogP contribution in [-0.2, 0) is 18.3 Å². The number of halogens is 1. The second-order valence-electron chi connectivity index (χ2n) is 8.29. The van der Waals surface area contributed by atoms with Gasteiger partial charge in [0.15, 0.2) is 5.78 Å². The highest BCUT2D eigenvalue weighted by atomic mass is 19.1. The van der Waals surface area contributed by atoms with Crippen LogP contribution in [0.3, 0.4) is 0 Å². The van der Waals surface area contributed by atoms with E-state index in [9.17, 15) is 19.2 Å². The van der Waals surface area contributed by atoms with E-state index in [0.717, 1.165) is 19.3 Å². The number of aromatic nitrogens is 1. The van der Waals surface area contributed by atoms with Gasteiger partial charge in [-0.25, -0.2) is 4.39 Å². The van der Waals surface area contributed by atoms with E-state index >= 15 is 0 Å². The molecule has 2 heterocycles. The fourth-order valence-electron chi connectivity index (χ4n) is 4.64. The summed E-state index contributed by atoms with van der Waals surface area (Å²) in [5.74, 6) is -0.510. The minimum atomic E-state index is -0.548. The number of nitrogens with one attached hydrogen (secondary N) is 1. The van der Waals surface area contributed by atoms with Crippen LogP contribution >= 0.6 is 0 Å². The monoisotopic (exact) mass is 393 g/mol. The molecule has 0 radical (unpaired) electrons. The number of nitrogens with zero attached hydrogens (tertiary/aromatic N) is 2. The third-order valence-corrected chi connectivity index (χ3v) is 6.29. The van der Waals surface area contributed by atoms with E-state index < -0.39 is 11.7 Å². The van der Waals surface area contributed by atoms with Gasteiger partial charge < -0.3 is 9.88 Å². The van der Waals surface area contributed by atoms with Gasteiger partial charge >= 0.3 is 0 Å². The summed E-state index contributed by atoms with van der Waals surface area (Å²) < 4.78 is 16.1. The van der Waals surface area contributed by atoms with Crippen molar-refractivity contribution in [3.63, 3.8) is 0 Å². The molecule has 5 nitrogen and oxygen atoms in total. The van der Waals surface area contributed by atoms with Crippen LogP contribution in [0.25, 0.3) is 11.1 Å². The number of fused-ring (bicyclic) bond motifs is 2. The largest absolute Gasteiger partial charge is 0.319 e. The topological polar surface area (TPSA) is 74.9 Å². The molecule has 1 aromatic heterocycles. The maximum absolute atomic E-state index is 14.7. The van der Waals surface area contributed by atoms with Gasteiger partial charge in [-0.05, 0) is 60.4 Å². The Bertz CT molecular complexity index is 1040. The van der Waals surface area contributed by atoms with E-state index in [1.54, 1.807) is 31.4 Å². The van der Waals surface area contributed by atoms with Gasteiger partial charge in [-0.1, -0.05) is 12.1 Å². The molecule has 4 atom stereocenters. The molecule has 1 saturated heterocycles. The van der Waals surface area contributed by atoms with Crippen LogP contribution in [0.1, 0.15) is 31.2 Å². The van der Waals surface area contributed by atoms with Crippen molar-refractivity contribution >= 4 is 5.78 Å². The predicted molar refractivity (Wildman–Crippen MR) is 108 cm³/mol.